The van der Waals surface area contributed by atoms with Gasteiger partial charge in [-0.15, -0.1) is 0 Å². The van der Waals surface area contributed by atoms with Crippen LogP contribution >= 0.6 is 12.2 Å². The minimum absolute atomic E-state index is 0.00240. The third kappa shape index (κ3) is 2.78. The van der Waals surface area contributed by atoms with Crippen LogP contribution in [0.1, 0.15) is 5.69 Å². The SMILES string of the molecule is NC(=S)c1cccc(Nc2cc(F)ccc2F)n1. The summed E-state index contributed by atoms with van der Waals surface area (Å²) in [7, 11) is 0. The number of aromatic nitrogens is 1. The normalized spacial score (nSPS) is 10.1. The largest absolute Gasteiger partial charge is 0.388 e. The second-order valence-electron chi connectivity index (χ2n) is 3.52. The minimum Gasteiger partial charge on any atom is -0.388 e. The Balaban J connectivity index is 2.31. The molecule has 1 aromatic heterocycles. The molecule has 0 aliphatic carbocycles. The molecule has 92 valence electrons. The van der Waals surface area contributed by atoms with Gasteiger partial charge in [-0.25, -0.2) is 13.8 Å². The third-order valence-corrected chi connectivity index (χ3v) is 2.40. The van der Waals surface area contributed by atoms with Crippen molar-refractivity contribution in [2.24, 2.45) is 5.73 Å². The highest BCUT2D eigenvalue weighted by Gasteiger charge is 2.06. The van der Waals surface area contributed by atoms with Crippen molar-refractivity contribution in [2.45, 2.75) is 0 Å². The average molecular weight is 265 g/mol. The van der Waals surface area contributed by atoms with E-state index in [4.69, 9.17) is 18.0 Å². The number of pyridine rings is 1. The second-order valence-corrected chi connectivity index (χ2v) is 3.96. The van der Waals surface area contributed by atoms with Crippen molar-refractivity contribution < 1.29 is 8.78 Å². The van der Waals surface area contributed by atoms with E-state index in [1.807, 2.05) is 0 Å². The molecule has 0 fully saturated rings. The highest BCUT2D eigenvalue weighted by molar-refractivity contribution is 7.80. The molecule has 0 saturated carbocycles. The molecule has 0 aliphatic heterocycles. The highest BCUT2D eigenvalue weighted by atomic mass is 32.1. The summed E-state index contributed by atoms with van der Waals surface area (Å²) >= 11 is 4.79. The molecule has 1 aromatic carbocycles. The number of thiocarbonyl (C=S) groups is 1. The lowest BCUT2D eigenvalue weighted by Crippen LogP contribution is -2.12. The Labute approximate surface area is 108 Å². The maximum Gasteiger partial charge on any atom is 0.146 e. The zero-order valence-electron chi connectivity index (χ0n) is 9.15. The first-order chi connectivity index (χ1) is 8.56. The van der Waals surface area contributed by atoms with Gasteiger partial charge in [-0.2, -0.15) is 0 Å². The van der Waals surface area contributed by atoms with Gasteiger partial charge in [0.2, 0.25) is 0 Å². The lowest BCUT2D eigenvalue weighted by Gasteiger charge is -2.08. The van der Waals surface area contributed by atoms with Gasteiger partial charge in [-0.1, -0.05) is 18.3 Å². The van der Waals surface area contributed by atoms with Crippen LogP contribution in [0.2, 0.25) is 0 Å². The van der Waals surface area contributed by atoms with E-state index in [-0.39, 0.29) is 10.7 Å². The Kier molecular flexibility index (Phi) is 3.47. The average Bonchev–Trinajstić information content (AvgIpc) is 2.34. The van der Waals surface area contributed by atoms with Gasteiger partial charge in [0, 0.05) is 6.07 Å². The maximum atomic E-state index is 13.4. The summed E-state index contributed by atoms with van der Waals surface area (Å²) in [5, 5.41) is 2.67. The zero-order valence-corrected chi connectivity index (χ0v) is 9.97. The number of nitrogens with zero attached hydrogens (tertiary/aromatic N) is 1. The van der Waals surface area contributed by atoms with Gasteiger partial charge in [-0.3, -0.25) is 0 Å². The quantitative estimate of drug-likeness (QED) is 0.838. The van der Waals surface area contributed by atoms with E-state index in [0.29, 0.717) is 11.5 Å². The van der Waals surface area contributed by atoms with Crippen LogP contribution in [0.3, 0.4) is 0 Å². The molecule has 18 heavy (non-hydrogen) atoms. The van der Waals surface area contributed by atoms with Crippen LogP contribution in [-0.4, -0.2) is 9.97 Å². The van der Waals surface area contributed by atoms with E-state index in [1.54, 1.807) is 18.2 Å². The predicted molar refractivity (Wildman–Crippen MR) is 69.8 cm³/mol. The summed E-state index contributed by atoms with van der Waals surface area (Å²) in [4.78, 5) is 4.21. The number of halogens is 2. The molecule has 0 saturated heterocycles. The van der Waals surface area contributed by atoms with Crippen LogP contribution in [-0.2, 0) is 0 Å². The third-order valence-electron chi connectivity index (χ3n) is 2.19. The Hall–Kier alpha value is -2.08. The zero-order chi connectivity index (χ0) is 13.1. The number of anilines is 2. The molecule has 0 radical (unpaired) electrons. The van der Waals surface area contributed by atoms with Gasteiger partial charge in [0.25, 0.3) is 0 Å². The summed E-state index contributed by atoms with van der Waals surface area (Å²) < 4.78 is 26.4. The van der Waals surface area contributed by atoms with E-state index in [9.17, 15) is 8.78 Å². The van der Waals surface area contributed by atoms with Crippen molar-refractivity contribution in [3.05, 3.63) is 53.7 Å². The van der Waals surface area contributed by atoms with Crippen molar-refractivity contribution in [2.75, 3.05) is 5.32 Å². The number of rotatable bonds is 3. The van der Waals surface area contributed by atoms with E-state index >= 15 is 0 Å². The molecule has 3 N–H and O–H groups in total. The first-order valence-corrected chi connectivity index (χ1v) is 5.46. The molecular formula is C12H9F2N3S. The van der Waals surface area contributed by atoms with Gasteiger partial charge >= 0.3 is 0 Å². The number of nitrogens with one attached hydrogen (secondary N) is 1. The van der Waals surface area contributed by atoms with Gasteiger partial charge in [0.15, 0.2) is 0 Å². The molecule has 0 amide bonds. The highest BCUT2D eigenvalue weighted by Crippen LogP contribution is 2.19. The van der Waals surface area contributed by atoms with Crippen molar-refractivity contribution in [1.29, 1.82) is 0 Å². The fourth-order valence-corrected chi connectivity index (χ4v) is 1.49. The first kappa shape index (κ1) is 12.4. The van der Waals surface area contributed by atoms with Gasteiger partial charge < -0.3 is 11.1 Å². The molecule has 2 aromatic rings. The number of hydrogen-bond acceptors (Lipinski definition) is 3. The maximum absolute atomic E-state index is 13.4. The molecule has 3 nitrogen and oxygen atoms in total. The van der Waals surface area contributed by atoms with Gasteiger partial charge in [-0.05, 0) is 24.3 Å². The standard InChI is InChI=1S/C12H9F2N3S/c13-7-4-5-8(14)10(6-7)17-11-3-1-2-9(16-11)12(15)18/h1-6H,(H2,15,18)(H,16,17). The van der Waals surface area contributed by atoms with Crippen LogP contribution < -0.4 is 11.1 Å². The molecule has 0 spiro atoms. The van der Waals surface area contributed by atoms with E-state index in [0.717, 1.165) is 18.2 Å². The van der Waals surface area contributed by atoms with Gasteiger partial charge in [0.1, 0.15) is 22.4 Å². The molecular weight excluding hydrogens is 256 g/mol. The Morgan fingerprint density at radius 3 is 2.72 bits per heavy atom. The van der Waals surface area contributed by atoms with Crippen LogP contribution in [0.15, 0.2) is 36.4 Å². The summed E-state index contributed by atoms with van der Waals surface area (Å²) in [6.45, 7) is 0. The number of nitrogens with two attached hydrogens (primary N) is 1. The Morgan fingerprint density at radius 2 is 2.00 bits per heavy atom. The Morgan fingerprint density at radius 1 is 1.22 bits per heavy atom. The minimum atomic E-state index is -0.570. The van der Waals surface area contributed by atoms with Crippen molar-refractivity contribution in [1.82, 2.24) is 4.98 Å². The lowest BCUT2D eigenvalue weighted by atomic mass is 10.3. The monoisotopic (exact) mass is 265 g/mol. The first-order valence-electron chi connectivity index (χ1n) is 5.05. The molecule has 1 heterocycles. The van der Waals surface area contributed by atoms with Crippen LogP contribution in [0.4, 0.5) is 20.3 Å². The van der Waals surface area contributed by atoms with Crippen molar-refractivity contribution >= 4 is 28.7 Å². The number of hydrogen-bond donors (Lipinski definition) is 2. The molecule has 0 aliphatic rings. The predicted octanol–water partition coefficient (Wildman–Crippen LogP) is 2.74. The van der Waals surface area contributed by atoms with Gasteiger partial charge in [0.05, 0.1) is 11.4 Å². The van der Waals surface area contributed by atoms with Crippen LogP contribution in [0.25, 0.3) is 0 Å². The summed E-state index contributed by atoms with van der Waals surface area (Å²) in [6.07, 6.45) is 0. The van der Waals surface area contributed by atoms with E-state index < -0.39 is 11.6 Å². The molecule has 0 bridgehead atoms. The smallest absolute Gasteiger partial charge is 0.146 e. The van der Waals surface area contributed by atoms with Crippen LogP contribution in [0, 0.1) is 11.6 Å². The molecule has 0 unspecified atom stereocenters. The second kappa shape index (κ2) is 5.05. The topological polar surface area (TPSA) is 50.9 Å². The van der Waals surface area contributed by atoms with Crippen molar-refractivity contribution in [3.8, 4) is 0 Å². The fraction of sp³-hybridized carbons (Fsp3) is 0. The molecule has 6 heteroatoms. The summed E-state index contributed by atoms with van der Waals surface area (Å²) in [5.41, 5.74) is 5.85. The van der Waals surface area contributed by atoms with E-state index in [2.05, 4.69) is 10.3 Å². The van der Waals surface area contributed by atoms with E-state index in [1.165, 1.54) is 0 Å². The molecule has 0 atom stereocenters. The fourth-order valence-electron chi connectivity index (χ4n) is 1.37. The van der Waals surface area contributed by atoms with Crippen molar-refractivity contribution in [3.63, 3.8) is 0 Å². The number of benzene rings is 1. The Bertz CT molecular complexity index is 602. The molecule has 2 rings (SSSR count). The summed E-state index contributed by atoms with van der Waals surface area (Å²) in [5.74, 6) is -0.770. The van der Waals surface area contributed by atoms with Crippen LogP contribution in [0.5, 0.6) is 0 Å². The summed E-state index contributed by atoms with van der Waals surface area (Å²) in [6, 6.07) is 8.03. The lowest BCUT2D eigenvalue weighted by molar-refractivity contribution is 0.603.